The molecule has 0 atom stereocenters. The number of hydrogen-bond acceptors (Lipinski definition) is 1. The zero-order valence-corrected chi connectivity index (χ0v) is 26.5. The lowest BCUT2D eigenvalue weighted by Crippen LogP contribution is -1.99. The standard InChI is InChI=1S/C46H28N2O/c1-3-12-31(13-4-1)47-39-20-9-7-16-33(39)38-26-29(23-25-41(38)47)30-22-24-34-35-18-11-19-37-45-36-17-8-10-21-40(36)48(32-14-5-2-6-15-32)42(45)28-44(46(35)37)49-43(34)27-30/h1-28H. The summed E-state index contributed by atoms with van der Waals surface area (Å²) in [6.45, 7) is 0. The molecule has 0 amide bonds. The van der Waals surface area contributed by atoms with E-state index >= 15 is 0 Å². The third-order valence-corrected chi connectivity index (χ3v) is 10.3. The Hall–Kier alpha value is -6.58. The smallest absolute Gasteiger partial charge is 0.138 e. The SMILES string of the molecule is c1ccc(-n2c3ccccc3c3cc(-c4ccc5c(c4)Oc4cc6c(c7cccc-5c47)c4ccccc4n6-c4ccccc4)ccc32)cc1. The van der Waals surface area contributed by atoms with Crippen molar-refractivity contribution in [2.24, 2.45) is 0 Å². The van der Waals surface area contributed by atoms with Gasteiger partial charge in [-0.1, -0.05) is 103 Å². The molecule has 49 heavy (non-hydrogen) atoms. The lowest BCUT2D eigenvalue weighted by Gasteiger charge is -2.23. The maximum absolute atomic E-state index is 6.91. The zero-order chi connectivity index (χ0) is 32.1. The van der Waals surface area contributed by atoms with Gasteiger partial charge in [0.25, 0.3) is 0 Å². The zero-order valence-electron chi connectivity index (χ0n) is 26.5. The van der Waals surface area contributed by atoms with Crippen molar-refractivity contribution in [2.45, 2.75) is 0 Å². The number of fused-ring (bicyclic) bond motifs is 9. The second kappa shape index (κ2) is 9.96. The first-order valence-electron chi connectivity index (χ1n) is 16.8. The quantitative estimate of drug-likeness (QED) is 0.191. The summed E-state index contributed by atoms with van der Waals surface area (Å²) in [5.74, 6) is 1.77. The first-order valence-corrected chi connectivity index (χ1v) is 16.8. The number of rotatable bonds is 3. The monoisotopic (exact) mass is 624 g/mol. The predicted octanol–water partition coefficient (Wildman–Crippen LogP) is 12.5. The van der Waals surface area contributed by atoms with Crippen molar-refractivity contribution in [3.05, 3.63) is 170 Å². The number of nitrogens with zero attached hydrogens (tertiary/aromatic N) is 2. The molecule has 10 aromatic rings. The van der Waals surface area contributed by atoms with Crippen LogP contribution in [-0.2, 0) is 0 Å². The number of aromatic nitrogens is 2. The Kier molecular flexibility index (Phi) is 5.38. The highest BCUT2D eigenvalue weighted by atomic mass is 16.5. The molecule has 0 saturated carbocycles. The van der Waals surface area contributed by atoms with Crippen molar-refractivity contribution < 1.29 is 4.74 Å². The van der Waals surface area contributed by atoms with Crippen LogP contribution in [0.15, 0.2) is 170 Å². The predicted molar refractivity (Wildman–Crippen MR) is 204 cm³/mol. The van der Waals surface area contributed by atoms with Gasteiger partial charge in [-0.2, -0.15) is 0 Å². The number of ether oxygens (including phenoxy) is 1. The van der Waals surface area contributed by atoms with Crippen molar-refractivity contribution in [1.82, 2.24) is 9.13 Å². The summed E-state index contributed by atoms with van der Waals surface area (Å²) in [5, 5.41) is 7.37. The molecule has 1 aliphatic rings. The van der Waals surface area contributed by atoms with E-state index in [9.17, 15) is 0 Å². The Bertz CT molecular complexity index is 2950. The largest absolute Gasteiger partial charge is 0.456 e. The fourth-order valence-electron chi connectivity index (χ4n) is 8.20. The minimum atomic E-state index is 0.881. The first kappa shape index (κ1) is 26.5. The van der Waals surface area contributed by atoms with Gasteiger partial charge in [0, 0.05) is 49.9 Å². The van der Waals surface area contributed by atoms with Crippen LogP contribution in [0.5, 0.6) is 11.5 Å². The molecule has 0 aliphatic carbocycles. The molecular weight excluding hydrogens is 597 g/mol. The molecule has 1 aliphatic heterocycles. The fourth-order valence-corrected chi connectivity index (χ4v) is 8.20. The van der Waals surface area contributed by atoms with Crippen molar-refractivity contribution >= 4 is 54.4 Å². The minimum Gasteiger partial charge on any atom is -0.456 e. The minimum absolute atomic E-state index is 0.881. The molecule has 0 unspecified atom stereocenters. The lowest BCUT2D eigenvalue weighted by atomic mass is 9.91. The van der Waals surface area contributed by atoms with Gasteiger partial charge in [0.2, 0.25) is 0 Å². The molecule has 3 heterocycles. The van der Waals surface area contributed by atoms with Gasteiger partial charge >= 0.3 is 0 Å². The molecule has 0 bridgehead atoms. The van der Waals surface area contributed by atoms with Crippen molar-refractivity contribution in [3.63, 3.8) is 0 Å². The molecule has 0 saturated heterocycles. The summed E-state index contributed by atoms with van der Waals surface area (Å²) in [6, 6.07) is 61.1. The number of hydrogen-bond donors (Lipinski definition) is 0. The molecule has 0 N–H and O–H groups in total. The van der Waals surface area contributed by atoms with Crippen molar-refractivity contribution in [1.29, 1.82) is 0 Å². The molecule has 11 rings (SSSR count). The summed E-state index contributed by atoms with van der Waals surface area (Å²) >= 11 is 0. The maximum Gasteiger partial charge on any atom is 0.138 e. The normalized spacial score (nSPS) is 12.2. The van der Waals surface area contributed by atoms with E-state index in [4.69, 9.17) is 4.74 Å². The second-order valence-electron chi connectivity index (χ2n) is 12.9. The van der Waals surface area contributed by atoms with Gasteiger partial charge in [0.15, 0.2) is 0 Å². The van der Waals surface area contributed by atoms with Gasteiger partial charge < -0.3 is 13.9 Å². The van der Waals surface area contributed by atoms with Gasteiger partial charge in [-0.3, -0.25) is 0 Å². The third-order valence-electron chi connectivity index (χ3n) is 10.3. The lowest BCUT2D eigenvalue weighted by molar-refractivity contribution is 0.488. The van der Waals surface area contributed by atoms with Gasteiger partial charge in [-0.25, -0.2) is 0 Å². The summed E-state index contributed by atoms with van der Waals surface area (Å²) in [7, 11) is 0. The number of benzene rings is 8. The summed E-state index contributed by atoms with van der Waals surface area (Å²) < 4.78 is 11.6. The second-order valence-corrected chi connectivity index (χ2v) is 12.9. The molecule has 3 nitrogen and oxygen atoms in total. The van der Waals surface area contributed by atoms with E-state index < -0.39 is 0 Å². The topological polar surface area (TPSA) is 19.1 Å². The number of para-hydroxylation sites is 4. The van der Waals surface area contributed by atoms with Crippen LogP contribution in [0.25, 0.3) is 88.0 Å². The van der Waals surface area contributed by atoms with Crippen LogP contribution in [0.3, 0.4) is 0 Å². The molecular formula is C46H28N2O. The molecule has 3 heteroatoms. The van der Waals surface area contributed by atoms with Crippen LogP contribution in [0.2, 0.25) is 0 Å². The van der Waals surface area contributed by atoms with Crippen molar-refractivity contribution in [3.8, 4) is 45.1 Å². The van der Waals surface area contributed by atoms with Crippen LogP contribution in [0.1, 0.15) is 0 Å². The fraction of sp³-hybridized carbons (Fsp3) is 0. The van der Waals surface area contributed by atoms with Gasteiger partial charge in [0.1, 0.15) is 11.5 Å². The summed E-state index contributed by atoms with van der Waals surface area (Å²) in [4.78, 5) is 0. The van der Waals surface area contributed by atoms with Crippen molar-refractivity contribution in [2.75, 3.05) is 0 Å². The van der Waals surface area contributed by atoms with Crippen LogP contribution in [0, 0.1) is 0 Å². The Morgan fingerprint density at radius 1 is 0.327 bits per heavy atom. The Labute approximate surface area is 282 Å². The van der Waals surface area contributed by atoms with E-state index in [1.54, 1.807) is 0 Å². The molecule has 2 aromatic heterocycles. The average Bonchev–Trinajstić information content (AvgIpc) is 3.68. The Morgan fingerprint density at radius 3 is 1.69 bits per heavy atom. The Morgan fingerprint density at radius 2 is 0.918 bits per heavy atom. The molecule has 8 aromatic carbocycles. The van der Waals surface area contributed by atoms with E-state index in [1.807, 2.05) is 0 Å². The molecule has 0 radical (unpaired) electrons. The van der Waals surface area contributed by atoms with Crippen LogP contribution < -0.4 is 4.74 Å². The van der Waals surface area contributed by atoms with E-state index in [-0.39, 0.29) is 0 Å². The Balaban J connectivity index is 1.10. The van der Waals surface area contributed by atoms with Crippen LogP contribution >= 0.6 is 0 Å². The van der Waals surface area contributed by atoms with E-state index in [2.05, 4.69) is 179 Å². The van der Waals surface area contributed by atoms with E-state index in [1.165, 1.54) is 60.0 Å². The first-order chi connectivity index (χ1) is 24.3. The molecule has 228 valence electrons. The van der Waals surface area contributed by atoms with Gasteiger partial charge in [0.05, 0.1) is 22.1 Å². The highest BCUT2D eigenvalue weighted by Gasteiger charge is 2.25. The van der Waals surface area contributed by atoms with Crippen LogP contribution in [0.4, 0.5) is 0 Å². The third kappa shape index (κ3) is 3.73. The van der Waals surface area contributed by atoms with Gasteiger partial charge in [-0.15, -0.1) is 0 Å². The van der Waals surface area contributed by atoms with E-state index in [0.29, 0.717) is 0 Å². The molecule has 0 fully saturated rings. The molecule has 0 spiro atoms. The van der Waals surface area contributed by atoms with E-state index in [0.717, 1.165) is 39.5 Å². The maximum atomic E-state index is 6.91. The highest BCUT2D eigenvalue weighted by molar-refractivity contribution is 6.25. The summed E-state index contributed by atoms with van der Waals surface area (Å²) in [6.07, 6.45) is 0. The highest BCUT2D eigenvalue weighted by Crippen LogP contribution is 2.51. The summed E-state index contributed by atoms with van der Waals surface area (Å²) in [5.41, 5.74) is 11.7. The van der Waals surface area contributed by atoms with Crippen LogP contribution in [-0.4, -0.2) is 9.13 Å². The average molecular weight is 625 g/mol. The van der Waals surface area contributed by atoms with Gasteiger partial charge in [-0.05, 0) is 82.7 Å².